The number of esters is 1. The number of nitrogens with one attached hydrogen (secondary N) is 1. The van der Waals surface area contributed by atoms with Crippen LogP contribution < -0.4 is 10.1 Å². The topological polar surface area (TPSA) is 108 Å². The molecule has 28 heavy (non-hydrogen) atoms. The Balaban J connectivity index is 1.86. The molecule has 2 aromatic rings. The highest BCUT2D eigenvalue weighted by molar-refractivity contribution is 7.99. The Labute approximate surface area is 161 Å². The van der Waals surface area contributed by atoms with E-state index in [1.165, 1.54) is 23.9 Å². The van der Waals surface area contributed by atoms with Crippen molar-refractivity contribution in [2.75, 3.05) is 19.4 Å². The summed E-state index contributed by atoms with van der Waals surface area (Å²) in [7, 11) is 1.29. The lowest BCUT2D eigenvalue weighted by Gasteiger charge is -2.09. The molecule has 1 N–H and O–H groups in total. The molecule has 0 spiro atoms. The number of rotatable bonds is 9. The molecule has 0 saturated carbocycles. The highest BCUT2D eigenvalue weighted by atomic mass is 32.2. The van der Waals surface area contributed by atoms with E-state index in [1.54, 1.807) is 0 Å². The maximum atomic E-state index is 12.2. The minimum absolute atomic E-state index is 0.0217. The number of alkyl halides is 3. The summed E-state index contributed by atoms with van der Waals surface area (Å²) in [5.41, 5.74) is 0.403. The van der Waals surface area contributed by atoms with E-state index in [-0.39, 0.29) is 35.0 Å². The number of hydrogen-bond donors (Lipinski definition) is 1. The lowest BCUT2D eigenvalue weighted by atomic mass is 10.3. The van der Waals surface area contributed by atoms with E-state index in [4.69, 9.17) is 0 Å². The van der Waals surface area contributed by atoms with E-state index in [2.05, 4.69) is 30.3 Å². The quantitative estimate of drug-likeness (QED) is 0.372. The van der Waals surface area contributed by atoms with Crippen molar-refractivity contribution in [3.63, 3.8) is 0 Å². The maximum Gasteiger partial charge on any atom is 0.573 e. The molecule has 2 rings (SSSR count). The van der Waals surface area contributed by atoms with E-state index in [1.807, 2.05) is 0 Å². The first kappa shape index (κ1) is 21.5. The Morgan fingerprint density at radius 3 is 2.61 bits per heavy atom. The number of aromatic nitrogens is 4. The van der Waals surface area contributed by atoms with Crippen molar-refractivity contribution in [3.8, 4) is 11.4 Å². The minimum atomic E-state index is -4.78. The summed E-state index contributed by atoms with van der Waals surface area (Å²) in [5.74, 6) is -0.980. The molecule has 0 aliphatic heterocycles. The van der Waals surface area contributed by atoms with Crippen molar-refractivity contribution in [1.29, 1.82) is 0 Å². The zero-order valence-corrected chi connectivity index (χ0v) is 15.4. The van der Waals surface area contributed by atoms with Gasteiger partial charge >= 0.3 is 12.3 Å². The standard InChI is InChI=1S/C15H16F3N5O4S/c1-26-13(25)3-2-8-19-12(24)9-28-14-20-21-22-23(14)10-4-6-11(7-5-10)27-15(16,17)18/h4-7H,2-3,8-9H2,1H3,(H,19,24). The summed E-state index contributed by atoms with van der Waals surface area (Å²) in [5, 5.41) is 14.0. The molecule has 0 radical (unpaired) electrons. The molecule has 1 amide bonds. The van der Waals surface area contributed by atoms with E-state index in [0.29, 0.717) is 18.7 Å². The first-order valence-corrected chi connectivity index (χ1v) is 8.88. The molecule has 0 unspecified atom stereocenters. The van der Waals surface area contributed by atoms with Gasteiger partial charge in [-0.3, -0.25) is 9.59 Å². The number of halogens is 3. The number of hydrogen-bond acceptors (Lipinski definition) is 8. The molecule has 0 bridgehead atoms. The molecule has 0 aliphatic carbocycles. The van der Waals surface area contributed by atoms with E-state index >= 15 is 0 Å². The first-order valence-electron chi connectivity index (χ1n) is 7.89. The van der Waals surface area contributed by atoms with Crippen LogP contribution in [0, 0.1) is 0 Å². The van der Waals surface area contributed by atoms with E-state index in [0.717, 1.165) is 23.9 Å². The van der Waals surface area contributed by atoms with Crippen molar-refractivity contribution in [1.82, 2.24) is 25.5 Å². The number of nitrogens with zero attached hydrogens (tertiary/aromatic N) is 4. The van der Waals surface area contributed by atoms with E-state index in [9.17, 15) is 22.8 Å². The van der Waals surface area contributed by atoms with Gasteiger partial charge in [0.25, 0.3) is 0 Å². The zero-order chi connectivity index (χ0) is 20.6. The summed E-state index contributed by atoms with van der Waals surface area (Å²) in [6.07, 6.45) is -4.12. The number of thioether (sulfide) groups is 1. The molecule has 1 aromatic heterocycles. The lowest BCUT2D eigenvalue weighted by Crippen LogP contribution is -2.26. The van der Waals surface area contributed by atoms with Crippen LogP contribution in [0.3, 0.4) is 0 Å². The summed E-state index contributed by atoms with van der Waals surface area (Å²) in [6, 6.07) is 4.97. The highest BCUT2D eigenvalue weighted by Gasteiger charge is 2.31. The van der Waals surface area contributed by atoms with Crippen molar-refractivity contribution >= 4 is 23.6 Å². The monoisotopic (exact) mass is 419 g/mol. The molecule has 1 heterocycles. The van der Waals surface area contributed by atoms with Crippen LogP contribution in [0.5, 0.6) is 5.75 Å². The molecular weight excluding hydrogens is 403 g/mol. The Bertz CT molecular complexity index is 798. The number of tetrazole rings is 1. The predicted molar refractivity (Wildman–Crippen MR) is 90.8 cm³/mol. The molecule has 1 aromatic carbocycles. The third-order valence-corrected chi connectivity index (χ3v) is 4.11. The third kappa shape index (κ3) is 7.06. The van der Waals surface area contributed by atoms with Crippen LogP contribution >= 0.6 is 11.8 Å². The zero-order valence-electron chi connectivity index (χ0n) is 14.6. The second-order valence-electron chi connectivity index (χ2n) is 5.23. The van der Waals surface area contributed by atoms with Gasteiger partial charge in [-0.05, 0) is 41.1 Å². The van der Waals surface area contributed by atoms with Gasteiger partial charge in [-0.1, -0.05) is 11.8 Å². The fourth-order valence-electron chi connectivity index (χ4n) is 1.96. The average Bonchev–Trinajstić information content (AvgIpc) is 3.11. The van der Waals surface area contributed by atoms with Crippen LogP contribution in [-0.2, 0) is 14.3 Å². The Morgan fingerprint density at radius 1 is 1.25 bits per heavy atom. The van der Waals surface area contributed by atoms with E-state index < -0.39 is 6.36 Å². The highest BCUT2D eigenvalue weighted by Crippen LogP contribution is 2.24. The number of methoxy groups -OCH3 is 1. The number of ether oxygens (including phenoxy) is 2. The molecule has 152 valence electrons. The van der Waals surface area contributed by atoms with Gasteiger partial charge in [-0.15, -0.1) is 18.3 Å². The second-order valence-corrected chi connectivity index (χ2v) is 6.18. The van der Waals surface area contributed by atoms with Crippen LogP contribution in [0.25, 0.3) is 5.69 Å². The molecule has 0 aliphatic rings. The molecule has 0 atom stereocenters. The van der Waals surface area contributed by atoms with Gasteiger partial charge in [0, 0.05) is 13.0 Å². The van der Waals surface area contributed by atoms with Gasteiger partial charge < -0.3 is 14.8 Å². The van der Waals surface area contributed by atoms with Gasteiger partial charge in [-0.2, -0.15) is 4.68 Å². The number of amides is 1. The third-order valence-electron chi connectivity index (χ3n) is 3.20. The summed E-state index contributed by atoms with van der Waals surface area (Å²) >= 11 is 1.05. The van der Waals surface area contributed by atoms with Crippen LogP contribution in [0.15, 0.2) is 29.4 Å². The largest absolute Gasteiger partial charge is 0.573 e. The maximum absolute atomic E-state index is 12.2. The van der Waals surface area contributed by atoms with Gasteiger partial charge in [-0.25, -0.2) is 0 Å². The SMILES string of the molecule is COC(=O)CCCNC(=O)CSc1nnnn1-c1ccc(OC(F)(F)F)cc1. The van der Waals surface area contributed by atoms with Gasteiger partial charge in [0.05, 0.1) is 18.6 Å². The first-order chi connectivity index (χ1) is 13.3. The van der Waals surface area contributed by atoms with Gasteiger partial charge in [0.15, 0.2) is 0 Å². The predicted octanol–water partition coefficient (Wildman–Crippen LogP) is 1.72. The molecule has 13 heteroatoms. The molecule has 9 nitrogen and oxygen atoms in total. The number of carbonyl (C=O) groups excluding carboxylic acids is 2. The second kappa shape index (κ2) is 9.92. The van der Waals surface area contributed by atoms with Crippen molar-refractivity contribution in [2.24, 2.45) is 0 Å². The van der Waals surface area contributed by atoms with Gasteiger partial charge in [0.2, 0.25) is 11.1 Å². The van der Waals surface area contributed by atoms with Crippen LogP contribution in [0.1, 0.15) is 12.8 Å². The van der Waals surface area contributed by atoms with Crippen molar-refractivity contribution in [2.45, 2.75) is 24.4 Å². The normalized spacial score (nSPS) is 11.1. The Morgan fingerprint density at radius 2 is 1.96 bits per heavy atom. The fraction of sp³-hybridized carbons (Fsp3) is 0.400. The van der Waals surface area contributed by atoms with Gasteiger partial charge in [0.1, 0.15) is 5.75 Å². The minimum Gasteiger partial charge on any atom is -0.469 e. The van der Waals surface area contributed by atoms with Crippen LogP contribution in [0.2, 0.25) is 0 Å². The molecular formula is C15H16F3N5O4S. The molecule has 0 fully saturated rings. The van der Waals surface area contributed by atoms with Crippen LogP contribution in [0.4, 0.5) is 13.2 Å². The van der Waals surface area contributed by atoms with Crippen molar-refractivity contribution in [3.05, 3.63) is 24.3 Å². The number of benzene rings is 1. The molecule has 0 saturated heterocycles. The van der Waals surface area contributed by atoms with Crippen LogP contribution in [-0.4, -0.2) is 57.9 Å². The Kier molecular flexibility index (Phi) is 7.61. The summed E-state index contributed by atoms with van der Waals surface area (Å²) in [4.78, 5) is 22.8. The van der Waals surface area contributed by atoms with Crippen molar-refractivity contribution < 1.29 is 32.2 Å². The Hall–Kier alpha value is -2.83. The smallest absolute Gasteiger partial charge is 0.469 e. The summed E-state index contributed by atoms with van der Waals surface area (Å²) < 4.78 is 46.2. The average molecular weight is 419 g/mol. The summed E-state index contributed by atoms with van der Waals surface area (Å²) in [6.45, 7) is 0.320. The lowest BCUT2D eigenvalue weighted by molar-refractivity contribution is -0.274. The fourth-order valence-corrected chi connectivity index (χ4v) is 2.68. The number of carbonyl (C=O) groups is 2.